The zero-order valence-corrected chi connectivity index (χ0v) is 11.8. The Morgan fingerprint density at radius 1 is 1.11 bits per heavy atom. The van der Waals surface area contributed by atoms with Crippen LogP contribution in [0.1, 0.15) is 6.42 Å². The van der Waals surface area contributed by atoms with Crippen LogP contribution in [0.25, 0.3) is 0 Å². The summed E-state index contributed by atoms with van der Waals surface area (Å²) in [6.07, 6.45) is 1.28. The van der Waals surface area contributed by atoms with Gasteiger partial charge in [0.15, 0.2) is 0 Å². The lowest BCUT2D eigenvalue weighted by atomic mass is 10.3. The first-order valence-electron chi connectivity index (χ1n) is 6.64. The van der Waals surface area contributed by atoms with Gasteiger partial charge in [-0.3, -0.25) is 0 Å². The Morgan fingerprint density at radius 2 is 1.89 bits per heavy atom. The van der Waals surface area contributed by atoms with E-state index in [-0.39, 0.29) is 0 Å². The quantitative estimate of drug-likeness (QED) is 0.904. The number of hydrogen-bond donors (Lipinski definition) is 1. The van der Waals surface area contributed by atoms with Crippen LogP contribution in [0.2, 0.25) is 5.02 Å². The lowest BCUT2D eigenvalue weighted by molar-refractivity contribution is 0.285. The van der Waals surface area contributed by atoms with Gasteiger partial charge in [-0.05, 0) is 50.8 Å². The van der Waals surface area contributed by atoms with Gasteiger partial charge in [0.2, 0.25) is 0 Å². The summed E-state index contributed by atoms with van der Waals surface area (Å²) in [5.74, 6) is 0. The van der Waals surface area contributed by atoms with Gasteiger partial charge in [0.1, 0.15) is 0 Å². The first-order valence-corrected chi connectivity index (χ1v) is 7.02. The normalized spacial score (nSPS) is 18.6. The van der Waals surface area contributed by atoms with Gasteiger partial charge >= 0.3 is 0 Å². The van der Waals surface area contributed by atoms with Crippen LogP contribution < -0.4 is 5.32 Å². The van der Waals surface area contributed by atoms with Crippen molar-refractivity contribution >= 4 is 17.3 Å². The molecule has 18 heavy (non-hydrogen) atoms. The van der Waals surface area contributed by atoms with Gasteiger partial charge in [-0.2, -0.15) is 0 Å². The molecule has 2 rings (SSSR count). The summed E-state index contributed by atoms with van der Waals surface area (Å²) in [6, 6.07) is 7.90. The summed E-state index contributed by atoms with van der Waals surface area (Å²) in [4.78, 5) is 4.94. The number of nitrogens with zero attached hydrogens (tertiary/aromatic N) is 2. The van der Waals surface area contributed by atoms with E-state index in [1.165, 1.54) is 32.6 Å². The van der Waals surface area contributed by atoms with E-state index in [9.17, 15) is 0 Å². The zero-order valence-electron chi connectivity index (χ0n) is 11.0. The van der Waals surface area contributed by atoms with Gasteiger partial charge in [0.25, 0.3) is 0 Å². The summed E-state index contributed by atoms with van der Waals surface area (Å²) in [5, 5.41) is 4.22. The molecule has 0 atom stereocenters. The number of benzene rings is 1. The minimum Gasteiger partial charge on any atom is -0.384 e. The van der Waals surface area contributed by atoms with Gasteiger partial charge in [-0.25, -0.2) is 0 Å². The Labute approximate surface area is 115 Å². The topological polar surface area (TPSA) is 18.5 Å². The number of likely N-dealkylation sites (N-methyl/N-ethyl adjacent to an activating group) is 1. The van der Waals surface area contributed by atoms with Crippen LogP contribution in [0.3, 0.4) is 0 Å². The van der Waals surface area contributed by atoms with Gasteiger partial charge in [-0.1, -0.05) is 11.6 Å². The highest BCUT2D eigenvalue weighted by molar-refractivity contribution is 6.30. The van der Waals surface area contributed by atoms with Crippen LogP contribution in [-0.4, -0.2) is 56.1 Å². The molecule has 1 aromatic rings. The molecule has 1 heterocycles. The lowest BCUT2D eigenvalue weighted by Gasteiger charge is -2.20. The van der Waals surface area contributed by atoms with E-state index in [4.69, 9.17) is 11.6 Å². The third-order valence-electron chi connectivity index (χ3n) is 3.41. The van der Waals surface area contributed by atoms with Gasteiger partial charge in [0, 0.05) is 36.9 Å². The molecule has 1 aliphatic rings. The SMILES string of the molecule is CN1CCCN(CCNc2ccc(Cl)cc2)CC1. The van der Waals surface area contributed by atoms with E-state index >= 15 is 0 Å². The highest BCUT2D eigenvalue weighted by Gasteiger charge is 2.10. The van der Waals surface area contributed by atoms with Crippen molar-refractivity contribution in [3.8, 4) is 0 Å². The summed E-state index contributed by atoms with van der Waals surface area (Å²) < 4.78 is 0. The van der Waals surface area contributed by atoms with Crippen LogP contribution >= 0.6 is 11.6 Å². The number of anilines is 1. The van der Waals surface area contributed by atoms with Gasteiger partial charge in [-0.15, -0.1) is 0 Å². The molecule has 1 aromatic carbocycles. The van der Waals surface area contributed by atoms with Crippen molar-refractivity contribution in [2.75, 3.05) is 51.6 Å². The van der Waals surface area contributed by atoms with Crippen molar-refractivity contribution in [3.05, 3.63) is 29.3 Å². The van der Waals surface area contributed by atoms with E-state index in [1.54, 1.807) is 0 Å². The number of rotatable bonds is 4. The summed E-state index contributed by atoms with van der Waals surface area (Å²) in [7, 11) is 2.20. The lowest BCUT2D eigenvalue weighted by Crippen LogP contribution is -2.32. The minimum absolute atomic E-state index is 0.788. The van der Waals surface area contributed by atoms with E-state index < -0.39 is 0 Å². The Bertz CT molecular complexity index is 353. The Kier molecular flexibility index (Phi) is 5.29. The van der Waals surface area contributed by atoms with Crippen molar-refractivity contribution in [3.63, 3.8) is 0 Å². The van der Waals surface area contributed by atoms with Crippen LogP contribution in [0.4, 0.5) is 5.69 Å². The summed E-state index contributed by atoms with van der Waals surface area (Å²) >= 11 is 5.86. The fourth-order valence-corrected chi connectivity index (χ4v) is 2.38. The molecule has 0 spiro atoms. The maximum atomic E-state index is 5.86. The molecule has 0 amide bonds. The predicted molar refractivity (Wildman–Crippen MR) is 78.5 cm³/mol. The average Bonchev–Trinajstić information content (AvgIpc) is 2.57. The Hall–Kier alpha value is -0.770. The second kappa shape index (κ2) is 6.98. The maximum absolute atomic E-state index is 5.86. The van der Waals surface area contributed by atoms with E-state index in [0.29, 0.717) is 0 Å². The number of hydrogen-bond acceptors (Lipinski definition) is 3. The molecular formula is C14H22ClN3. The van der Waals surface area contributed by atoms with Gasteiger partial charge < -0.3 is 15.1 Å². The molecule has 1 N–H and O–H groups in total. The third kappa shape index (κ3) is 4.48. The largest absolute Gasteiger partial charge is 0.384 e. The predicted octanol–water partition coefficient (Wildman–Crippen LogP) is 2.39. The molecule has 3 nitrogen and oxygen atoms in total. The molecule has 100 valence electrons. The first-order chi connectivity index (χ1) is 8.74. The van der Waals surface area contributed by atoms with E-state index in [1.807, 2.05) is 24.3 Å². The van der Waals surface area contributed by atoms with Crippen molar-refractivity contribution in [2.45, 2.75) is 6.42 Å². The molecular weight excluding hydrogens is 246 g/mol. The first kappa shape index (κ1) is 13.7. The third-order valence-corrected chi connectivity index (χ3v) is 3.67. The molecule has 0 radical (unpaired) electrons. The van der Waals surface area contributed by atoms with Gasteiger partial charge in [0.05, 0.1) is 0 Å². The average molecular weight is 268 g/mol. The van der Waals surface area contributed by atoms with Crippen LogP contribution in [0.15, 0.2) is 24.3 Å². The molecule has 4 heteroatoms. The fourth-order valence-electron chi connectivity index (χ4n) is 2.25. The molecule has 0 aliphatic carbocycles. The monoisotopic (exact) mass is 267 g/mol. The van der Waals surface area contributed by atoms with Crippen molar-refractivity contribution in [2.24, 2.45) is 0 Å². The van der Waals surface area contributed by atoms with Crippen LogP contribution in [-0.2, 0) is 0 Å². The Morgan fingerprint density at radius 3 is 2.67 bits per heavy atom. The smallest absolute Gasteiger partial charge is 0.0407 e. The molecule has 0 aromatic heterocycles. The molecule has 0 saturated carbocycles. The highest BCUT2D eigenvalue weighted by Crippen LogP contribution is 2.13. The second-order valence-electron chi connectivity index (χ2n) is 4.93. The Balaban J connectivity index is 1.70. The standard InChI is InChI=1S/C14H22ClN3/c1-17-8-2-9-18(12-11-17)10-7-16-14-5-3-13(15)4-6-14/h3-6,16H,2,7-12H2,1H3. The van der Waals surface area contributed by atoms with Crippen LogP contribution in [0.5, 0.6) is 0 Å². The highest BCUT2D eigenvalue weighted by atomic mass is 35.5. The second-order valence-corrected chi connectivity index (χ2v) is 5.37. The number of nitrogens with one attached hydrogen (secondary N) is 1. The van der Waals surface area contributed by atoms with E-state index in [2.05, 4.69) is 22.2 Å². The van der Waals surface area contributed by atoms with E-state index in [0.717, 1.165) is 23.8 Å². The minimum atomic E-state index is 0.788. The van der Waals surface area contributed by atoms with Crippen LogP contribution in [0, 0.1) is 0 Å². The summed E-state index contributed by atoms with van der Waals surface area (Å²) in [6.45, 7) is 6.90. The maximum Gasteiger partial charge on any atom is 0.0407 e. The molecule has 0 bridgehead atoms. The van der Waals surface area contributed by atoms with Crippen molar-refractivity contribution in [1.82, 2.24) is 9.80 Å². The van der Waals surface area contributed by atoms with Crippen molar-refractivity contribution in [1.29, 1.82) is 0 Å². The zero-order chi connectivity index (χ0) is 12.8. The molecule has 1 saturated heterocycles. The number of halogens is 1. The molecule has 1 aliphatic heterocycles. The molecule has 1 fully saturated rings. The summed E-state index contributed by atoms with van der Waals surface area (Å²) in [5.41, 5.74) is 1.14. The van der Waals surface area contributed by atoms with Crippen molar-refractivity contribution < 1.29 is 0 Å². The molecule has 0 unspecified atom stereocenters. The fraction of sp³-hybridized carbons (Fsp3) is 0.571.